The van der Waals surface area contributed by atoms with Gasteiger partial charge in [-0.15, -0.1) is 0 Å². The Hall–Kier alpha value is -1.88. The van der Waals surface area contributed by atoms with Crippen molar-refractivity contribution >= 4 is 11.9 Å². The van der Waals surface area contributed by atoms with Gasteiger partial charge in [-0.2, -0.15) is 0 Å². The summed E-state index contributed by atoms with van der Waals surface area (Å²) in [5, 5.41) is 12.1. The molecule has 1 aromatic rings. The first kappa shape index (κ1) is 13.5. The van der Waals surface area contributed by atoms with E-state index in [2.05, 4.69) is 5.32 Å². The van der Waals surface area contributed by atoms with Crippen molar-refractivity contribution in [3.05, 3.63) is 34.9 Å². The lowest BCUT2D eigenvalue weighted by Crippen LogP contribution is -2.36. The molecule has 5 heteroatoms. The van der Waals surface area contributed by atoms with Crippen LogP contribution in [0.3, 0.4) is 0 Å². The van der Waals surface area contributed by atoms with E-state index < -0.39 is 5.97 Å². The number of hydrogen-bond donors (Lipinski definition) is 2. The zero-order valence-corrected chi connectivity index (χ0v) is 11.0. The summed E-state index contributed by atoms with van der Waals surface area (Å²) < 4.78 is 0. The van der Waals surface area contributed by atoms with Crippen molar-refractivity contribution in [1.82, 2.24) is 10.2 Å². The minimum atomic E-state index is -0.982. The van der Waals surface area contributed by atoms with E-state index in [1.165, 1.54) is 10.5 Å². The minimum absolute atomic E-state index is 0.209. The van der Waals surface area contributed by atoms with E-state index in [-0.39, 0.29) is 12.5 Å². The summed E-state index contributed by atoms with van der Waals surface area (Å²) in [5.74, 6) is -1.19. The number of aliphatic carboxylic acids is 1. The van der Waals surface area contributed by atoms with Gasteiger partial charge >= 0.3 is 5.97 Å². The second-order valence-electron chi connectivity index (χ2n) is 4.71. The monoisotopic (exact) mass is 262 g/mol. The molecule has 0 saturated heterocycles. The number of carbonyl (C=O) groups is 2. The van der Waals surface area contributed by atoms with E-state index >= 15 is 0 Å². The summed E-state index contributed by atoms with van der Waals surface area (Å²) in [6.45, 7) is 3.73. The molecule has 102 valence electrons. The Balaban J connectivity index is 2.18. The van der Waals surface area contributed by atoms with Gasteiger partial charge in [-0.3, -0.25) is 9.59 Å². The van der Waals surface area contributed by atoms with Gasteiger partial charge in [0.2, 0.25) is 0 Å². The van der Waals surface area contributed by atoms with E-state index in [9.17, 15) is 9.59 Å². The van der Waals surface area contributed by atoms with Crippen molar-refractivity contribution < 1.29 is 14.7 Å². The third-order valence-corrected chi connectivity index (χ3v) is 3.19. The lowest BCUT2D eigenvalue weighted by molar-refractivity contribution is -0.137. The molecule has 1 heterocycles. The molecule has 0 atom stereocenters. The van der Waals surface area contributed by atoms with Crippen molar-refractivity contribution in [3.63, 3.8) is 0 Å². The van der Waals surface area contributed by atoms with Gasteiger partial charge in [0.25, 0.3) is 5.91 Å². The molecule has 1 aromatic carbocycles. The summed E-state index contributed by atoms with van der Waals surface area (Å²) in [6.07, 6.45) is 0.742. The normalized spacial score (nSPS) is 13.1. The average molecular weight is 262 g/mol. The zero-order chi connectivity index (χ0) is 13.8. The molecule has 0 fully saturated rings. The van der Waals surface area contributed by atoms with E-state index in [1.807, 2.05) is 19.1 Å². The van der Waals surface area contributed by atoms with Gasteiger partial charge in [0.1, 0.15) is 6.54 Å². The summed E-state index contributed by atoms with van der Waals surface area (Å²) in [7, 11) is 0. The highest BCUT2D eigenvalue weighted by molar-refractivity contribution is 5.96. The molecule has 2 N–H and O–H groups in total. The van der Waals surface area contributed by atoms with Gasteiger partial charge in [0, 0.05) is 25.2 Å². The number of amides is 1. The van der Waals surface area contributed by atoms with Gasteiger partial charge < -0.3 is 15.3 Å². The molecule has 0 saturated carbocycles. The van der Waals surface area contributed by atoms with Gasteiger partial charge in [0.15, 0.2) is 0 Å². The fourth-order valence-corrected chi connectivity index (χ4v) is 2.30. The maximum Gasteiger partial charge on any atom is 0.323 e. The molecule has 2 rings (SSSR count). The average Bonchev–Trinajstić information content (AvgIpc) is 2.84. The highest BCUT2D eigenvalue weighted by Gasteiger charge is 2.19. The van der Waals surface area contributed by atoms with Crippen LogP contribution in [0.4, 0.5) is 0 Å². The van der Waals surface area contributed by atoms with Crippen molar-refractivity contribution in [1.29, 1.82) is 0 Å². The van der Waals surface area contributed by atoms with Crippen molar-refractivity contribution in [2.24, 2.45) is 0 Å². The fourth-order valence-electron chi connectivity index (χ4n) is 2.30. The van der Waals surface area contributed by atoms with Crippen LogP contribution in [0.25, 0.3) is 0 Å². The second kappa shape index (κ2) is 5.84. The molecule has 0 unspecified atom stereocenters. The van der Waals surface area contributed by atoms with Crippen LogP contribution in [0.5, 0.6) is 0 Å². The molecule has 0 bridgehead atoms. The maximum atomic E-state index is 12.3. The van der Waals surface area contributed by atoms with Crippen LogP contribution in [-0.2, 0) is 17.9 Å². The lowest BCUT2D eigenvalue weighted by atomic mass is 10.1. The number of fused-ring (bicyclic) bond motifs is 1. The van der Waals surface area contributed by atoms with Crippen LogP contribution in [0.2, 0.25) is 0 Å². The Bertz CT molecular complexity index is 499. The first-order valence-electron chi connectivity index (χ1n) is 6.45. The van der Waals surface area contributed by atoms with Crippen molar-refractivity contribution in [3.8, 4) is 0 Å². The summed E-state index contributed by atoms with van der Waals surface area (Å²) in [4.78, 5) is 24.5. The zero-order valence-electron chi connectivity index (χ0n) is 11.0. The molecule has 1 aliphatic heterocycles. The van der Waals surface area contributed by atoms with Gasteiger partial charge in [0.05, 0.1) is 0 Å². The van der Waals surface area contributed by atoms with Crippen LogP contribution >= 0.6 is 0 Å². The summed E-state index contributed by atoms with van der Waals surface area (Å²) in [5.41, 5.74) is 2.89. The molecule has 5 nitrogen and oxygen atoms in total. The number of rotatable bonds is 5. The van der Waals surface area contributed by atoms with Crippen LogP contribution in [0.15, 0.2) is 18.2 Å². The van der Waals surface area contributed by atoms with Crippen LogP contribution < -0.4 is 5.32 Å². The smallest absolute Gasteiger partial charge is 0.323 e. The highest BCUT2D eigenvalue weighted by Crippen LogP contribution is 2.18. The van der Waals surface area contributed by atoms with E-state index in [0.717, 1.165) is 25.1 Å². The van der Waals surface area contributed by atoms with Crippen molar-refractivity contribution in [2.75, 3.05) is 13.1 Å². The van der Waals surface area contributed by atoms with Gasteiger partial charge in [-0.05, 0) is 29.7 Å². The Morgan fingerprint density at radius 2 is 2.05 bits per heavy atom. The number of nitrogens with zero attached hydrogens (tertiary/aromatic N) is 1. The molecule has 0 aliphatic carbocycles. The number of carboxylic acids is 1. The minimum Gasteiger partial charge on any atom is -0.480 e. The first-order valence-corrected chi connectivity index (χ1v) is 6.45. The van der Waals surface area contributed by atoms with E-state index in [4.69, 9.17) is 5.11 Å². The Kier molecular flexibility index (Phi) is 4.16. The predicted molar refractivity (Wildman–Crippen MR) is 70.8 cm³/mol. The first-order chi connectivity index (χ1) is 9.11. The topological polar surface area (TPSA) is 69.6 Å². The number of hydrogen-bond acceptors (Lipinski definition) is 3. The van der Waals surface area contributed by atoms with Crippen molar-refractivity contribution in [2.45, 2.75) is 26.4 Å². The maximum absolute atomic E-state index is 12.3. The Morgan fingerprint density at radius 3 is 2.74 bits per heavy atom. The standard InChI is InChI=1S/C14H18N2O3/c1-2-5-16(9-13(17)18)14(19)10-3-4-11-7-15-8-12(11)6-10/h3-4,6,15H,2,5,7-9H2,1H3,(H,17,18). The van der Waals surface area contributed by atoms with E-state index in [0.29, 0.717) is 12.1 Å². The molecule has 19 heavy (non-hydrogen) atoms. The molecular weight excluding hydrogens is 244 g/mol. The van der Waals surface area contributed by atoms with Gasteiger partial charge in [-0.1, -0.05) is 13.0 Å². The summed E-state index contributed by atoms with van der Waals surface area (Å²) in [6, 6.07) is 5.58. The Labute approximate surface area is 112 Å². The molecule has 0 radical (unpaired) electrons. The lowest BCUT2D eigenvalue weighted by Gasteiger charge is -2.20. The second-order valence-corrected chi connectivity index (χ2v) is 4.71. The largest absolute Gasteiger partial charge is 0.480 e. The predicted octanol–water partition coefficient (Wildman–Crippen LogP) is 1.23. The van der Waals surface area contributed by atoms with Crippen LogP contribution in [0, 0.1) is 0 Å². The van der Waals surface area contributed by atoms with Gasteiger partial charge in [-0.25, -0.2) is 0 Å². The number of nitrogens with one attached hydrogen (secondary N) is 1. The summed E-state index contributed by atoms with van der Waals surface area (Å²) >= 11 is 0. The molecule has 0 spiro atoms. The molecule has 1 amide bonds. The Morgan fingerprint density at radius 1 is 1.32 bits per heavy atom. The molecule has 0 aromatic heterocycles. The number of carbonyl (C=O) groups excluding carboxylic acids is 1. The number of carboxylic acid groups (broad SMARTS) is 1. The van der Waals surface area contributed by atoms with Crippen LogP contribution in [0.1, 0.15) is 34.8 Å². The SMILES string of the molecule is CCCN(CC(=O)O)C(=O)c1ccc2c(c1)CNC2. The molecular formula is C14H18N2O3. The van der Waals surface area contributed by atoms with E-state index in [1.54, 1.807) is 6.07 Å². The quantitative estimate of drug-likeness (QED) is 0.837. The fraction of sp³-hybridized carbons (Fsp3) is 0.429. The third kappa shape index (κ3) is 3.12. The highest BCUT2D eigenvalue weighted by atomic mass is 16.4. The van der Waals surface area contributed by atoms with Crippen LogP contribution in [-0.4, -0.2) is 35.0 Å². The third-order valence-electron chi connectivity index (χ3n) is 3.19. The number of benzene rings is 1. The molecule has 1 aliphatic rings.